The number of benzene rings is 1. The topological polar surface area (TPSA) is 15.3 Å². The van der Waals surface area contributed by atoms with E-state index in [1.54, 1.807) is 6.07 Å². The quantitative estimate of drug-likeness (QED) is 0.686. The Bertz CT molecular complexity index is 388. The summed E-state index contributed by atoms with van der Waals surface area (Å²) in [5.74, 6) is -0.141. The predicted octanol–water partition coefficient (Wildman–Crippen LogP) is 4.07. The van der Waals surface area contributed by atoms with Gasteiger partial charge in [0.2, 0.25) is 0 Å². The molecule has 0 heterocycles. The van der Waals surface area contributed by atoms with Gasteiger partial charge < -0.3 is 10.2 Å². The van der Waals surface area contributed by atoms with Gasteiger partial charge >= 0.3 is 0 Å². The standard InChI is InChI=1S/C17H29FN2/c1-5-12-19-13-17(6-2,7-3)14-20(4)16-11-9-8-10-15(16)18/h8-11,19H,5-7,12-14H2,1-4H3. The molecule has 0 bridgehead atoms. The SMILES string of the molecule is CCCNCC(CC)(CC)CN(C)c1ccccc1F. The number of anilines is 1. The van der Waals surface area contributed by atoms with E-state index < -0.39 is 0 Å². The summed E-state index contributed by atoms with van der Waals surface area (Å²) in [6.07, 6.45) is 3.34. The lowest BCUT2D eigenvalue weighted by molar-refractivity contribution is 0.255. The fourth-order valence-corrected chi connectivity index (χ4v) is 2.66. The van der Waals surface area contributed by atoms with E-state index in [-0.39, 0.29) is 11.2 Å². The van der Waals surface area contributed by atoms with Crippen molar-refractivity contribution >= 4 is 5.69 Å². The summed E-state index contributed by atoms with van der Waals surface area (Å²) in [6.45, 7) is 9.55. The molecule has 0 fully saturated rings. The van der Waals surface area contributed by atoms with E-state index >= 15 is 0 Å². The Morgan fingerprint density at radius 1 is 1.15 bits per heavy atom. The van der Waals surface area contributed by atoms with Gasteiger partial charge in [0, 0.05) is 20.1 Å². The van der Waals surface area contributed by atoms with E-state index in [1.807, 2.05) is 19.2 Å². The molecule has 1 N–H and O–H groups in total. The molecule has 0 aliphatic heterocycles. The van der Waals surface area contributed by atoms with Gasteiger partial charge in [-0.05, 0) is 43.4 Å². The molecule has 0 amide bonds. The van der Waals surface area contributed by atoms with Crippen LogP contribution in [-0.4, -0.2) is 26.7 Å². The van der Waals surface area contributed by atoms with Crippen LogP contribution in [0.2, 0.25) is 0 Å². The van der Waals surface area contributed by atoms with Crippen molar-refractivity contribution in [3.63, 3.8) is 0 Å². The molecular formula is C17H29FN2. The lowest BCUT2D eigenvalue weighted by atomic mass is 9.81. The molecule has 0 saturated carbocycles. The highest BCUT2D eigenvalue weighted by molar-refractivity contribution is 5.47. The van der Waals surface area contributed by atoms with Crippen LogP contribution in [0.4, 0.5) is 10.1 Å². The molecule has 114 valence electrons. The third kappa shape index (κ3) is 4.48. The minimum absolute atomic E-state index is 0.141. The number of nitrogens with zero attached hydrogens (tertiary/aromatic N) is 1. The van der Waals surface area contributed by atoms with Crippen molar-refractivity contribution in [2.75, 3.05) is 31.6 Å². The molecule has 1 rings (SSSR count). The van der Waals surface area contributed by atoms with Crippen molar-refractivity contribution in [3.05, 3.63) is 30.1 Å². The van der Waals surface area contributed by atoms with Gasteiger partial charge in [-0.2, -0.15) is 0 Å². The Hall–Kier alpha value is -1.09. The number of rotatable bonds is 9. The molecule has 0 radical (unpaired) electrons. The fraction of sp³-hybridized carbons (Fsp3) is 0.647. The van der Waals surface area contributed by atoms with Gasteiger partial charge in [0.1, 0.15) is 5.82 Å². The normalized spacial score (nSPS) is 11.7. The molecule has 0 spiro atoms. The molecule has 0 atom stereocenters. The Labute approximate surface area is 123 Å². The second-order valence-corrected chi connectivity index (χ2v) is 5.69. The zero-order chi connectivity index (χ0) is 15.0. The van der Waals surface area contributed by atoms with Crippen LogP contribution in [0, 0.1) is 11.2 Å². The van der Waals surface area contributed by atoms with Crippen LogP contribution in [-0.2, 0) is 0 Å². The van der Waals surface area contributed by atoms with Crippen molar-refractivity contribution in [3.8, 4) is 0 Å². The molecule has 0 aromatic heterocycles. The van der Waals surface area contributed by atoms with Crippen LogP contribution in [0.15, 0.2) is 24.3 Å². The lowest BCUT2D eigenvalue weighted by Crippen LogP contribution is -2.43. The smallest absolute Gasteiger partial charge is 0.146 e. The van der Waals surface area contributed by atoms with Gasteiger partial charge in [-0.15, -0.1) is 0 Å². The first-order valence-electron chi connectivity index (χ1n) is 7.75. The maximum Gasteiger partial charge on any atom is 0.146 e. The molecule has 0 aliphatic carbocycles. The molecule has 1 aromatic carbocycles. The van der Waals surface area contributed by atoms with Crippen LogP contribution >= 0.6 is 0 Å². The van der Waals surface area contributed by atoms with Gasteiger partial charge in [0.25, 0.3) is 0 Å². The van der Waals surface area contributed by atoms with Gasteiger partial charge in [-0.1, -0.05) is 32.9 Å². The van der Waals surface area contributed by atoms with Crippen molar-refractivity contribution in [1.82, 2.24) is 5.32 Å². The zero-order valence-electron chi connectivity index (χ0n) is 13.4. The largest absolute Gasteiger partial charge is 0.372 e. The Morgan fingerprint density at radius 3 is 2.35 bits per heavy atom. The van der Waals surface area contributed by atoms with E-state index in [0.717, 1.165) is 38.9 Å². The minimum Gasteiger partial charge on any atom is -0.372 e. The summed E-state index contributed by atoms with van der Waals surface area (Å²) in [5, 5.41) is 3.53. The number of para-hydroxylation sites is 1. The van der Waals surface area contributed by atoms with Crippen molar-refractivity contribution in [2.24, 2.45) is 5.41 Å². The summed E-state index contributed by atoms with van der Waals surface area (Å²) < 4.78 is 13.9. The van der Waals surface area contributed by atoms with Crippen molar-refractivity contribution in [2.45, 2.75) is 40.0 Å². The number of hydrogen-bond acceptors (Lipinski definition) is 2. The molecule has 0 unspecified atom stereocenters. The third-order valence-electron chi connectivity index (χ3n) is 4.26. The van der Waals surface area contributed by atoms with E-state index in [4.69, 9.17) is 0 Å². The van der Waals surface area contributed by atoms with Gasteiger partial charge in [-0.25, -0.2) is 4.39 Å². The zero-order valence-corrected chi connectivity index (χ0v) is 13.4. The van der Waals surface area contributed by atoms with Crippen LogP contribution in [0.1, 0.15) is 40.0 Å². The first kappa shape index (κ1) is 17.0. The summed E-state index contributed by atoms with van der Waals surface area (Å²) in [7, 11) is 1.98. The van der Waals surface area contributed by atoms with Crippen LogP contribution in [0.25, 0.3) is 0 Å². The monoisotopic (exact) mass is 280 g/mol. The number of nitrogens with one attached hydrogen (secondary N) is 1. The molecule has 20 heavy (non-hydrogen) atoms. The first-order chi connectivity index (χ1) is 9.58. The van der Waals surface area contributed by atoms with Crippen molar-refractivity contribution in [1.29, 1.82) is 0 Å². The van der Waals surface area contributed by atoms with Crippen LogP contribution in [0.3, 0.4) is 0 Å². The second kappa shape index (κ2) is 8.25. The molecule has 2 nitrogen and oxygen atoms in total. The maximum absolute atomic E-state index is 13.9. The Morgan fingerprint density at radius 2 is 1.80 bits per heavy atom. The van der Waals surface area contributed by atoms with Crippen molar-refractivity contribution < 1.29 is 4.39 Å². The highest BCUT2D eigenvalue weighted by atomic mass is 19.1. The van der Waals surface area contributed by atoms with Gasteiger partial charge in [0.05, 0.1) is 5.69 Å². The average Bonchev–Trinajstić information content (AvgIpc) is 2.46. The molecular weight excluding hydrogens is 251 g/mol. The predicted molar refractivity (Wildman–Crippen MR) is 85.8 cm³/mol. The maximum atomic E-state index is 13.9. The highest BCUT2D eigenvalue weighted by Gasteiger charge is 2.28. The minimum atomic E-state index is -0.141. The number of hydrogen-bond donors (Lipinski definition) is 1. The molecule has 0 saturated heterocycles. The summed E-state index contributed by atoms with van der Waals surface area (Å²) >= 11 is 0. The highest BCUT2D eigenvalue weighted by Crippen LogP contribution is 2.29. The second-order valence-electron chi connectivity index (χ2n) is 5.69. The molecule has 0 aliphatic rings. The Balaban J connectivity index is 2.76. The summed E-state index contributed by atoms with van der Waals surface area (Å²) in [6, 6.07) is 7.01. The summed E-state index contributed by atoms with van der Waals surface area (Å²) in [4.78, 5) is 2.05. The third-order valence-corrected chi connectivity index (χ3v) is 4.26. The van der Waals surface area contributed by atoms with E-state index in [9.17, 15) is 4.39 Å². The summed E-state index contributed by atoms with van der Waals surface area (Å²) in [5.41, 5.74) is 0.890. The molecule has 3 heteroatoms. The van der Waals surface area contributed by atoms with Gasteiger partial charge in [0.15, 0.2) is 0 Å². The van der Waals surface area contributed by atoms with E-state index in [1.165, 1.54) is 6.07 Å². The lowest BCUT2D eigenvalue weighted by Gasteiger charge is -2.37. The van der Waals surface area contributed by atoms with E-state index in [0.29, 0.717) is 5.69 Å². The van der Waals surface area contributed by atoms with E-state index in [2.05, 4.69) is 31.0 Å². The number of halogens is 1. The Kier molecular flexibility index (Phi) is 7.00. The van der Waals surface area contributed by atoms with Crippen LogP contribution < -0.4 is 10.2 Å². The fourth-order valence-electron chi connectivity index (χ4n) is 2.66. The first-order valence-corrected chi connectivity index (χ1v) is 7.75. The molecule has 1 aromatic rings. The average molecular weight is 280 g/mol. The van der Waals surface area contributed by atoms with Gasteiger partial charge in [-0.3, -0.25) is 0 Å². The van der Waals surface area contributed by atoms with Crippen LogP contribution in [0.5, 0.6) is 0 Å².